The highest BCUT2D eigenvalue weighted by atomic mass is 16.5. The molecule has 6 nitrogen and oxygen atoms in total. The lowest BCUT2D eigenvalue weighted by molar-refractivity contribution is 0.237. The van der Waals surface area contributed by atoms with Crippen LogP contribution in [0.5, 0.6) is 11.5 Å². The molecule has 0 atom stereocenters. The van der Waals surface area contributed by atoms with Gasteiger partial charge in [0, 0.05) is 12.0 Å². The molecule has 130 valence electrons. The highest BCUT2D eigenvalue weighted by Gasteiger charge is 2.23. The van der Waals surface area contributed by atoms with Crippen molar-refractivity contribution in [2.75, 3.05) is 20.8 Å². The maximum atomic E-state index is 11.9. The molecule has 0 saturated heterocycles. The summed E-state index contributed by atoms with van der Waals surface area (Å²) in [5.74, 6) is 2.07. The molecule has 1 aromatic carbocycles. The van der Waals surface area contributed by atoms with E-state index in [4.69, 9.17) is 13.9 Å². The van der Waals surface area contributed by atoms with Crippen LogP contribution < -0.4 is 20.1 Å². The van der Waals surface area contributed by atoms with E-state index in [0.717, 1.165) is 5.56 Å². The molecule has 0 saturated carbocycles. The summed E-state index contributed by atoms with van der Waals surface area (Å²) < 4.78 is 15.8. The third kappa shape index (κ3) is 4.44. The molecular formula is C18H24N2O4. The average molecular weight is 332 g/mol. The fraction of sp³-hybridized carbons (Fsp3) is 0.389. The number of nitrogens with one attached hydrogen (secondary N) is 2. The minimum Gasteiger partial charge on any atom is -0.493 e. The van der Waals surface area contributed by atoms with Crippen LogP contribution in [0.2, 0.25) is 0 Å². The lowest BCUT2D eigenvalue weighted by Gasteiger charge is -2.26. The second-order valence-electron chi connectivity index (χ2n) is 6.07. The topological polar surface area (TPSA) is 72.7 Å². The van der Waals surface area contributed by atoms with Crippen LogP contribution in [0.4, 0.5) is 4.79 Å². The van der Waals surface area contributed by atoms with Crippen molar-refractivity contribution in [2.45, 2.75) is 25.8 Å². The van der Waals surface area contributed by atoms with Crippen LogP contribution in [0.25, 0.3) is 0 Å². The van der Waals surface area contributed by atoms with Crippen LogP contribution in [-0.4, -0.2) is 26.8 Å². The molecule has 0 bridgehead atoms. The number of benzene rings is 1. The molecule has 0 fully saturated rings. The quantitative estimate of drug-likeness (QED) is 0.817. The first kappa shape index (κ1) is 17.7. The van der Waals surface area contributed by atoms with Gasteiger partial charge in [0.25, 0.3) is 0 Å². The number of hydrogen-bond donors (Lipinski definition) is 2. The number of hydrogen-bond acceptors (Lipinski definition) is 4. The molecule has 6 heteroatoms. The summed E-state index contributed by atoms with van der Waals surface area (Å²) in [7, 11) is 3.21. The number of carbonyl (C=O) groups is 1. The molecule has 2 rings (SSSR count). The van der Waals surface area contributed by atoms with E-state index < -0.39 is 0 Å². The number of furan rings is 1. The Labute approximate surface area is 142 Å². The Hall–Kier alpha value is -2.63. The van der Waals surface area contributed by atoms with E-state index in [9.17, 15) is 4.79 Å². The van der Waals surface area contributed by atoms with Crippen molar-refractivity contribution in [3.05, 3.63) is 47.9 Å². The van der Waals surface area contributed by atoms with E-state index in [2.05, 4.69) is 24.5 Å². The SMILES string of the molecule is COc1ccc(C(C)(C)CNC(=O)NCc2ccco2)cc1OC. The van der Waals surface area contributed by atoms with Crippen molar-refractivity contribution >= 4 is 6.03 Å². The molecule has 2 N–H and O–H groups in total. The summed E-state index contributed by atoms with van der Waals surface area (Å²) in [6, 6.07) is 9.14. The highest BCUT2D eigenvalue weighted by molar-refractivity contribution is 5.73. The van der Waals surface area contributed by atoms with Crippen molar-refractivity contribution in [2.24, 2.45) is 0 Å². The second kappa shape index (κ2) is 7.77. The van der Waals surface area contributed by atoms with Gasteiger partial charge in [-0.25, -0.2) is 4.79 Å². The van der Waals surface area contributed by atoms with Crippen LogP contribution in [0.15, 0.2) is 41.0 Å². The highest BCUT2D eigenvalue weighted by Crippen LogP contribution is 2.32. The van der Waals surface area contributed by atoms with Gasteiger partial charge < -0.3 is 24.5 Å². The van der Waals surface area contributed by atoms with Crippen LogP contribution in [0.1, 0.15) is 25.2 Å². The smallest absolute Gasteiger partial charge is 0.315 e. The van der Waals surface area contributed by atoms with E-state index >= 15 is 0 Å². The third-order valence-corrected chi connectivity index (χ3v) is 3.86. The summed E-state index contributed by atoms with van der Waals surface area (Å²) in [5, 5.41) is 5.65. The first-order chi connectivity index (χ1) is 11.5. The van der Waals surface area contributed by atoms with E-state index in [1.807, 2.05) is 24.3 Å². The Morgan fingerprint density at radius 2 is 1.88 bits per heavy atom. The summed E-state index contributed by atoms with van der Waals surface area (Å²) in [6.07, 6.45) is 1.58. The molecule has 0 aliphatic carbocycles. The van der Waals surface area contributed by atoms with E-state index in [1.165, 1.54) is 0 Å². The Morgan fingerprint density at radius 1 is 1.12 bits per heavy atom. The Kier molecular flexibility index (Phi) is 5.73. The van der Waals surface area contributed by atoms with Gasteiger partial charge in [-0.2, -0.15) is 0 Å². The zero-order valence-electron chi connectivity index (χ0n) is 14.5. The van der Waals surface area contributed by atoms with Crippen molar-refractivity contribution < 1.29 is 18.7 Å². The monoisotopic (exact) mass is 332 g/mol. The normalized spacial score (nSPS) is 11.0. The minimum absolute atomic E-state index is 0.236. The molecule has 0 unspecified atom stereocenters. The molecule has 2 aromatic rings. The Morgan fingerprint density at radius 3 is 2.50 bits per heavy atom. The van der Waals surface area contributed by atoms with Gasteiger partial charge >= 0.3 is 6.03 Å². The molecular weight excluding hydrogens is 308 g/mol. The standard InChI is InChI=1S/C18H24N2O4/c1-18(2,13-7-8-15(22-3)16(10-13)23-4)12-20-17(21)19-11-14-6-5-9-24-14/h5-10H,11-12H2,1-4H3,(H2,19,20,21). The predicted octanol–water partition coefficient (Wildman–Crippen LogP) is 3.07. The molecule has 0 spiro atoms. The van der Waals surface area contributed by atoms with Crippen molar-refractivity contribution in [1.29, 1.82) is 0 Å². The predicted molar refractivity (Wildman–Crippen MR) is 91.5 cm³/mol. The number of urea groups is 1. The number of rotatable bonds is 7. The molecule has 0 aliphatic heterocycles. The fourth-order valence-corrected chi connectivity index (χ4v) is 2.30. The summed E-state index contributed by atoms with van der Waals surface area (Å²) in [4.78, 5) is 11.9. The molecule has 0 aliphatic rings. The van der Waals surface area contributed by atoms with Gasteiger partial charge in [0.15, 0.2) is 11.5 Å². The number of carbonyl (C=O) groups excluding carboxylic acids is 1. The number of amides is 2. The van der Waals surface area contributed by atoms with Crippen LogP contribution in [-0.2, 0) is 12.0 Å². The van der Waals surface area contributed by atoms with E-state index in [0.29, 0.717) is 30.3 Å². The molecule has 2 amide bonds. The van der Waals surface area contributed by atoms with Crippen molar-refractivity contribution in [1.82, 2.24) is 10.6 Å². The number of ether oxygens (including phenoxy) is 2. The first-order valence-corrected chi connectivity index (χ1v) is 7.73. The van der Waals surface area contributed by atoms with Crippen molar-refractivity contribution in [3.8, 4) is 11.5 Å². The van der Waals surface area contributed by atoms with Gasteiger partial charge in [-0.3, -0.25) is 0 Å². The summed E-state index contributed by atoms with van der Waals surface area (Å²) in [6.45, 7) is 4.95. The van der Waals surface area contributed by atoms with Crippen LogP contribution in [0, 0.1) is 0 Å². The van der Waals surface area contributed by atoms with Gasteiger partial charge in [0.2, 0.25) is 0 Å². The largest absolute Gasteiger partial charge is 0.493 e. The number of methoxy groups -OCH3 is 2. The average Bonchev–Trinajstić information content (AvgIpc) is 3.11. The molecule has 1 heterocycles. The van der Waals surface area contributed by atoms with Gasteiger partial charge in [0.05, 0.1) is 27.0 Å². The minimum atomic E-state index is -0.262. The maximum Gasteiger partial charge on any atom is 0.315 e. The van der Waals surface area contributed by atoms with Crippen LogP contribution in [0.3, 0.4) is 0 Å². The molecule has 0 radical (unpaired) electrons. The Bertz CT molecular complexity index is 666. The maximum absolute atomic E-state index is 11.9. The van der Waals surface area contributed by atoms with Gasteiger partial charge in [-0.15, -0.1) is 0 Å². The van der Waals surface area contributed by atoms with Gasteiger partial charge in [-0.1, -0.05) is 19.9 Å². The van der Waals surface area contributed by atoms with E-state index in [1.54, 1.807) is 26.5 Å². The molecule has 24 heavy (non-hydrogen) atoms. The molecule has 1 aromatic heterocycles. The third-order valence-electron chi connectivity index (χ3n) is 3.86. The van der Waals surface area contributed by atoms with Crippen molar-refractivity contribution in [3.63, 3.8) is 0 Å². The fourth-order valence-electron chi connectivity index (χ4n) is 2.30. The van der Waals surface area contributed by atoms with Crippen LogP contribution >= 0.6 is 0 Å². The zero-order valence-corrected chi connectivity index (χ0v) is 14.5. The van der Waals surface area contributed by atoms with Gasteiger partial charge in [-0.05, 0) is 29.8 Å². The Balaban J connectivity index is 1.93. The lowest BCUT2D eigenvalue weighted by Crippen LogP contribution is -2.42. The van der Waals surface area contributed by atoms with Gasteiger partial charge in [0.1, 0.15) is 5.76 Å². The summed E-state index contributed by atoms with van der Waals surface area (Å²) in [5.41, 5.74) is 0.785. The first-order valence-electron chi connectivity index (χ1n) is 7.73. The summed E-state index contributed by atoms with van der Waals surface area (Å²) >= 11 is 0. The zero-order chi connectivity index (χ0) is 17.6. The lowest BCUT2D eigenvalue weighted by atomic mass is 9.84. The van der Waals surface area contributed by atoms with E-state index in [-0.39, 0.29) is 11.4 Å². The second-order valence-corrected chi connectivity index (χ2v) is 6.07.